The zero-order valence-corrected chi connectivity index (χ0v) is 10.2. The van der Waals surface area contributed by atoms with Crippen molar-refractivity contribution in [2.24, 2.45) is 4.36 Å². The van der Waals surface area contributed by atoms with E-state index in [-0.39, 0.29) is 6.54 Å². The van der Waals surface area contributed by atoms with Crippen LogP contribution in [-0.2, 0) is 22.0 Å². The van der Waals surface area contributed by atoms with Gasteiger partial charge in [0.2, 0.25) is 0 Å². The number of carboxylic acids is 2. The molecule has 0 radical (unpaired) electrons. The van der Waals surface area contributed by atoms with Crippen LogP contribution in [0, 0.1) is 0 Å². The topological polar surface area (TPSA) is 90.2 Å². The molecule has 0 aliphatic heterocycles. The summed E-state index contributed by atoms with van der Waals surface area (Å²) in [5.41, 5.74) is 0. The predicted octanol–water partition coefficient (Wildman–Crippen LogP) is -0.268. The third-order valence-electron chi connectivity index (χ3n) is 1.28. The minimum atomic E-state index is -0.981. The average Bonchev–Trinajstić information content (AvgIpc) is 2.03. The Morgan fingerprint density at radius 2 is 1.93 bits per heavy atom. The molecule has 0 rings (SSSR count). The van der Waals surface area contributed by atoms with Crippen LogP contribution in [0.2, 0.25) is 0 Å². The van der Waals surface area contributed by atoms with Crippen LogP contribution >= 0.6 is 12.6 Å². The molecule has 2 N–H and O–H groups in total. The van der Waals surface area contributed by atoms with Gasteiger partial charge >= 0.3 is 11.9 Å². The summed E-state index contributed by atoms with van der Waals surface area (Å²) in [6.45, 7) is -0.269. The standard InChI is InChI=1S/C5H11NO2S.C2H3NO2S/c1-6(2)4(3-9)5(7)8;4-2(5)1-3-6/h4,9H,3H2,1-2H3,(H,7,8);1H2,(H,4,5)/t4-;/m0./s1. The summed E-state index contributed by atoms with van der Waals surface area (Å²) >= 11 is 7.84. The molecule has 1 atom stereocenters. The molecule has 0 saturated heterocycles. The molecular formula is C7H14N2O4S2. The van der Waals surface area contributed by atoms with E-state index in [4.69, 9.17) is 10.2 Å². The molecule has 0 spiro atoms. The van der Waals surface area contributed by atoms with Gasteiger partial charge in [0.1, 0.15) is 12.6 Å². The van der Waals surface area contributed by atoms with Gasteiger partial charge in [-0.25, -0.2) is 4.36 Å². The minimum Gasteiger partial charge on any atom is -0.480 e. The van der Waals surface area contributed by atoms with Crippen LogP contribution in [0.15, 0.2) is 4.36 Å². The summed E-state index contributed by atoms with van der Waals surface area (Å²) in [6, 6.07) is -0.465. The van der Waals surface area contributed by atoms with E-state index in [1.54, 1.807) is 19.0 Å². The van der Waals surface area contributed by atoms with Crippen molar-refractivity contribution in [2.45, 2.75) is 6.04 Å². The van der Waals surface area contributed by atoms with Crippen LogP contribution < -0.4 is 0 Å². The monoisotopic (exact) mass is 254 g/mol. The Hall–Kier alpha value is -0.730. The Labute approximate surface area is 98.9 Å². The maximum Gasteiger partial charge on any atom is 0.326 e. The summed E-state index contributed by atoms with van der Waals surface area (Å²) in [6.07, 6.45) is 0. The highest BCUT2D eigenvalue weighted by molar-refractivity contribution is 7.80. The molecule has 0 aromatic carbocycles. The van der Waals surface area contributed by atoms with Gasteiger partial charge in [0.25, 0.3) is 0 Å². The number of aliphatic carboxylic acids is 2. The van der Waals surface area contributed by atoms with Crippen molar-refractivity contribution in [3.63, 3.8) is 0 Å². The highest BCUT2D eigenvalue weighted by atomic mass is 32.1. The smallest absolute Gasteiger partial charge is 0.326 e. The Morgan fingerprint density at radius 3 is 1.93 bits per heavy atom. The molecule has 0 aliphatic rings. The van der Waals surface area contributed by atoms with E-state index in [1.807, 2.05) is 0 Å². The second-order valence-corrected chi connectivity index (χ2v) is 3.30. The third kappa shape index (κ3) is 11.2. The van der Waals surface area contributed by atoms with Gasteiger partial charge in [0, 0.05) is 18.2 Å². The molecule has 0 bridgehead atoms. The predicted molar refractivity (Wildman–Crippen MR) is 61.3 cm³/mol. The fourth-order valence-electron chi connectivity index (χ4n) is 0.517. The number of likely N-dealkylation sites (N-methyl/N-ethyl adjacent to an activating group) is 1. The molecule has 0 unspecified atom stereocenters. The quantitative estimate of drug-likeness (QED) is 0.585. The summed E-state index contributed by atoms with van der Waals surface area (Å²) < 4.78 is 2.92. The highest BCUT2D eigenvalue weighted by Gasteiger charge is 2.16. The van der Waals surface area contributed by atoms with Crippen molar-refractivity contribution in [3.05, 3.63) is 0 Å². The van der Waals surface area contributed by atoms with E-state index < -0.39 is 18.0 Å². The Morgan fingerprint density at radius 1 is 1.47 bits per heavy atom. The van der Waals surface area contributed by atoms with Crippen molar-refractivity contribution >= 4 is 37.0 Å². The van der Waals surface area contributed by atoms with E-state index in [9.17, 15) is 9.59 Å². The number of carboxylic acid groups (broad SMARTS) is 2. The van der Waals surface area contributed by atoms with Gasteiger partial charge in [-0.05, 0) is 14.1 Å². The van der Waals surface area contributed by atoms with Crippen LogP contribution in [0.1, 0.15) is 0 Å². The normalized spacial score (nSPS) is 11.2. The lowest BCUT2D eigenvalue weighted by Crippen LogP contribution is -2.37. The van der Waals surface area contributed by atoms with Gasteiger partial charge < -0.3 is 10.2 Å². The molecule has 15 heavy (non-hydrogen) atoms. The first-order valence-electron chi connectivity index (χ1n) is 3.87. The Kier molecular flexibility index (Phi) is 10.9. The largest absolute Gasteiger partial charge is 0.480 e. The molecule has 6 nitrogen and oxygen atoms in total. The van der Waals surface area contributed by atoms with E-state index in [0.29, 0.717) is 5.75 Å². The molecule has 0 amide bonds. The molecule has 0 saturated carbocycles. The molecular weight excluding hydrogens is 240 g/mol. The number of hydrogen-bond acceptors (Lipinski definition) is 6. The molecule has 8 heteroatoms. The summed E-state index contributed by atoms with van der Waals surface area (Å²) in [4.78, 5) is 21.3. The van der Waals surface area contributed by atoms with Gasteiger partial charge in [-0.1, -0.05) is 0 Å². The molecule has 0 aromatic heterocycles. The zero-order chi connectivity index (χ0) is 12.4. The lowest BCUT2D eigenvalue weighted by atomic mass is 10.3. The van der Waals surface area contributed by atoms with Crippen LogP contribution in [0.5, 0.6) is 0 Å². The number of nitrogens with zero attached hydrogens (tertiary/aromatic N) is 2. The van der Waals surface area contributed by atoms with Gasteiger partial charge in [0.15, 0.2) is 0 Å². The van der Waals surface area contributed by atoms with E-state index in [2.05, 4.69) is 29.4 Å². The zero-order valence-electron chi connectivity index (χ0n) is 8.45. The highest BCUT2D eigenvalue weighted by Crippen LogP contribution is 1.94. The number of carbonyl (C=O) groups is 2. The SMILES string of the molecule is CN(C)[C@@H](CS)C(=O)O.O=C(O)CN=S. The second kappa shape index (κ2) is 9.81. The summed E-state index contributed by atoms with van der Waals surface area (Å²) in [5, 5.41) is 16.2. The maximum absolute atomic E-state index is 10.3. The Bertz CT molecular complexity index is 223. The van der Waals surface area contributed by atoms with Crippen LogP contribution in [0.3, 0.4) is 0 Å². The van der Waals surface area contributed by atoms with E-state index >= 15 is 0 Å². The Balaban J connectivity index is 0. The van der Waals surface area contributed by atoms with E-state index in [0.717, 1.165) is 0 Å². The third-order valence-corrected chi connectivity index (χ3v) is 1.76. The lowest BCUT2D eigenvalue weighted by molar-refractivity contribution is -0.141. The molecule has 88 valence electrons. The van der Waals surface area contributed by atoms with Crippen molar-refractivity contribution in [3.8, 4) is 0 Å². The fraction of sp³-hybridized carbons (Fsp3) is 0.714. The molecule has 0 heterocycles. The summed E-state index contributed by atoms with van der Waals surface area (Å²) in [7, 11) is 3.43. The van der Waals surface area contributed by atoms with Crippen LogP contribution in [0.25, 0.3) is 0 Å². The van der Waals surface area contributed by atoms with E-state index in [1.165, 1.54) is 0 Å². The minimum absolute atomic E-state index is 0.269. The number of rotatable bonds is 5. The molecule has 0 aromatic rings. The van der Waals surface area contributed by atoms with Crippen molar-refractivity contribution < 1.29 is 19.8 Å². The van der Waals surface area contributed by atoms with Crippen molar-refractivity contribution in [1.29, 1.82) is 0 Å². The first-order chi connectivity index (χ1) is 6.86. The average molecular weight is 254 g/mol. The van der Waals surface area contributed by atoms with Crippen LogP contribution in [0.4, 0.5) is 0 Å². The van der Waals surface area contributed by atoms with Crippen LogP contribution in [-0.4, -0.2) is 59.5 Å². The molecule has 0 fully saturated rings. The maximum atomic E-state index is 10.3. The summed E-state index contributed by atoms with van der Waals surface area (Å²) in [5.74, 6) is -1.46. The van der Waals surface area contributed by atoms with Gasteiger partial charge in [-0.2, -0.15) is 12.6 Å². The van der Waals surface area contributed by atoms with Crippen molar-refractivity contribution in [2.75, 3.05) is 26.4 Å². The van der Waals surface area contributed by atoms with Crippen molar-refractivity contribution in [1.82, 2.24) is 4.90 Å². The van der Waals surface area contributed by atoms with Gasteiger partial charge in [-0.15, -0.1) is 0 Å². The fourth-order valence-corrected chi connectivity index (χ4v) is 1.11. The van der Waals surface area contributed by atoms with Gasteiger partial charge in [0.05, 0.1) is 0 Å². The first-order valence-corrected chi connectivity index (χ1v) is 4.87. The first kappa shape index (κ1) is 16.7. The second-order valence-electron chi connectivity index (χ2n) is 2.68. The number of thiol groups is 1. The molecule has 0 aliphatic carbocycles. The lowest BCUT2D eigenvalue weighted by Gasteiger charge is -2.16. The number of hydrogen-bond donors (Lipinski definition) is 3. The van der Waals surface area contributed by atoms with Gasteiger partial charge in [-0.3, -0.25) is 14.5 Å².